The Balaban J connectivity index is 2.48. The molecule has 1 aromatic heterocycles. The van der Waals surface area contributed by atoms with Crippen LogP contribution in [0.3, 0.4) is 0 Å². The number of aromatic amines is 1. The topological polar surface area (TPSA) is 131 Å². The van der Waals surface area contributed by atoms with E-state index in [0.717, 1.165) is 0 Å². The second-order valence-corrected chi connectivity index (χ2v) is 4.30. The van der Waals surface area contributed by atoms with E-state index in [2.05, 4.69) is 10.3 Å². The van der Waals surface area contributed by atoms with E-state index in [1.54, 1.807) is 0 Å². The third-order valence-corrected chi connectivity index (χ3v) is 2.82. The molecule has 0 saturated carbocycles. The van der Waals surface area contributed by atoms with E-state index < -0.39 is 10.8 Å². The van der Waals surface area contributed by atoms with Gasteiger partial charge in [-0.05, 0) is 17.7 Å². The van der Waals surface area contributed by atoms with Gasteiger partial charge in [0.2, 0.25) is 5.91 Å². The molecule has 4 N–H and O–H groups in total. The second-order valence-electron chi connectivity index (χ2n) is 4.30. The maximum absolute atomic E-state index is 11.6. The smallest absolute Gasteiger partial charge is 0.269 e. The minimum atomic E-state index is -0.714. The van der Waals surface area contributed by atoms with Gasteiger partial charge < -0.3 is 16.0 Å². The molecule has 0 fully saturated rings. The van der Waals surface area contributed by atoms with Crippen LogP contribution in [0.25, 0.3) is 11.1 Å². The lowest BCUT2D eigenvalue weighted by atomic mass is 10.0. The molecule has 21 heavy (non-hydrogen) atoms. The van der Waals surface area contributed by atoms with Crippen molar-refractivity contribution in [1.29, 1.82) is 0 Å². The predicted octanol–water partition coefficient (Wildman–Crippen LogP) is 1.65. The Morgan fingerprint density at radius 1 is 1.29 bits per heavy atom. The normalized spacial score (nSPS) is 10.1. The van der Waals surface area contributed by atoms with Crippen molar-refractivity contribution in [2.75, 3.05) is 5.32 Å². The van der Waals surface area contributed by atoms with Crippen molar-refractivity contribution >= 4 is 23.3 Å². The van der Waals surface area contributed by atoms with Crippen LogP contribution >= 0.6 is 0 Å². The lowest BCUT2D eigenvalue weighted by molar-refractivity contribution is -0.384. The molecule has 1 heterocycles. The number of aromatic nitrogens is 1. The van der Waals surface area contributed by atoms with Crippen LogP contribution < -0.4 is 11.1 Å². The SMILES string of the molecule is CC(=O)Nc1[nH]cc(-c2ccc([N+](=O)[O-])cc2)c1C(N)=O. The Hall–Kier alpha value is -3.16. The number of hydrogen-bond donors (Lipinski definition) is 3. The number of carbonyl (C=O) groups is 2. The molecule has 0 saturated heterocycles. The highest BCUT2D eigenvalue weighted by Gasteiger charge is 2.19. The van der Waals surface area contributed by atoms with E-state index in [1.807, 2.05) is 0 Å². The van der Waals surface area contributed by atoms with Gasteiger partial charge in [0.05, 0.1) is 10.5 Å². The van der Waals surface area contributed by atoms with Crippen LogP contribution in [0.5, 0.6) is 0 Å². The van der Waals surface area contributed by atoms with Crippen LogP contribution in [-0.2, 0) is 4.79 Å². The molecule has 8 heteroatoms. The van der Waals surface area contributed by atoms with Gasteiger partial charge in [0.15, 0.2) is 0 Å². The van der Waals surface area contributed by atoms with Crippen molar-refractivity contribution in [1.82, 2.24) is 4.98 Å². The summed E-state index contributed by atoms with van der Waals surface area (Å²) >= 11 is 0. The number of carbonyl (C=O) groups excluding carboxylic acids is 2. The first-order valence-electron chi connectivity index (χ1n) is 5.93. The standard InChI is InChI=1S/C13H12N4O4/c1-7(18)16-13-11(12(14)19)10(6-15-13)8-2-4-9(5-3-8)17(20)21/h2-6,15H,1H3,(H2,14,19)(H,16,18). The molecule has 0 unspecified atom stereocenters. The molecule has 0 aliphatic heterocycles. The van der Waals surface area contributed by atoms with Gasteiger partial charge >= 0.3 is 0 Å². The minimum Gasteiger partial charge on any atom is -0.365 e. The number of primary amides is 1. The van der Waals surface area contributed by atoms with Crippen LogP contribution in [0.1, 0.15) is 17.3 Å². The molecule has 1 aromatic carbocycles. The Morgan fingerprint density at radius 2 is 1.90 bits per heavy atom. The Labute approximate surface area is 119 Å². The summed E-state index contributed by atoms with van der Waals surface area (Å²) in [5.74, 6) is -0.869. The van der Waals surface area contributed by atoms with Crippen LogP contribution in [0.15, 0.2) is 30.5 Å². The number of amides is 2. The maximum atomic E-state index is 11.6. The average molecular weight is 288 g/mol. The molecule has 2 rings (SSSR count). The highest BCUT2D eigenvalue weighted by Crippen LogP contribution is 2.30. The van der Waals surface area contributed by atoms with E-state index >= 15 is 0 Å². The largest absolute Gasteiger partial charge is 0.365 e. The van der Waals surface area contributed by atoms with Crippen molar-refractivity contribution in [3.63, 3.8) is 0 Å². The fraction of sp³-hybridized carbons (Fsp3) is 0.0769. The van der Waals surface area contributed by atoms with E-state index in [4.69, 9.17) is 5.73 Å². The van der Waals surface area contributed by atoms with Gasteiger partial charge in [0.1, 0.15) is 5.82 Å². The third kappa shape index (κ3) is 2.89. The number of nitrogens with two attached hydrogens (primary N) is 1. The molecule has 0 aliphatic rings. The zero-order chi connectivity index (χ0) is 15.6. The summed E-state index contributed by atoms with van der Waals surface area (Å²) in [6, 6.07) is 5.66. The Kier molecular flexibility index (Phi) is 3.70. The monoisotopic (exact) mass is 288 g/mol. The fourth-order valence-corrected chi connectivity index (χ4v) is 1.94. The highest BCUT2D eigenvalue weighted by molar-refractivity contribution is 6.07. The van der Waals surface area contributed by atoms with E-state index in [1.165, 1.54) is 37.4 Å². The van der Waals surface area contributed by atoms with Crippen LogP contribution in [0.2, 0.25) is 0 Å². The summed E-state index contributed by atoms with van der Waals surface area (Å²) in [7, 11) is 0. The van der Waals surface area contributed by atoms with Crippen molar-refractivity contribution in [2.24, 2.45) is 5.73 Å². The first-order chi connectivity index (χ1) is 9.90. The van der Waals surface area contributed by atoms with E-state index in [0.29, 0.717) is 11.1 Å². The van der Waals surface area contributed by atoms with Crippen LogP contribution in [0, 0.1) is 10.1 Å². The number of benzene rings is 1. The molecule has 108 valence electrons. The second kappa shape index (κ2) is 5.45. The molecule has 8 nitrogen and oxygen atoms in total. The van der Waals surface area contributed by atoms with Crippen molar-refractivity contribution in [2.45, 2.75) is 6.92 Å². The molecule has 0 radical (unpaired) electrons. The molecular formula is C13H12N4O4. The van der Waals surface area contributed by atoms with E-state index in [9.17, 15) is 19.7 Å². The van der Waals surface area contributed by atoms with Crippen molar-refractivity contribution in [3.8, 4) is 11.1 Å². The maximum Gasteiger partial charge on any atom is 0.269 e. The summed E-state index contributed by atoms with van der Waals surface area (Å²) in [6.07, 6.45) is 1.51. The first kappa shape index (κ1) is 14.3. The third-order valence-electron chi connectivity index (χ3n) is 2.82. The molecular weight excluding hydrogens is 276 g/mol. The number of nitro groups is 1. The zero-order valence-electron chi connectivity index (χ0n) is 11.0. The summed E-state index contributed by atoms with van der Waals surface area (Å²) in [6.45, 7) is 1.30. The summed E-state index contributed by atoms with van der Waals surface area (Å²) in [5.41, 5.74) is 6.43. The number of anilines is 1. The number of H-pyrrole nitrogens is 1. The average Bonchev–Trinajstić information content (AvgIpc) is 2.81. The summed E-state index contributed by atoms with van der Waals surface area (Å²) < 4.78 is 0. The first-order valence-corrected chi connectivity index (χ1v) is 5.93. The summed E-state index contributed by atoms with van der Waals surface area (Å²) in [4.78, 5) is 35.5. The van der Waals surface area contributed by atoms with Crippen molar-refractivity contribution in [3.05, 3.63) is 46.1 Å². The number of nitro benzene ring substituents is 1. The van der Waals surface area contributed by atoms with E-state index in [-0.39, 0.29) is 23.0 Å². The Bertz CT molecular complexity index is 718. The lowest BCUT2D eigenvalue weighted by Gasteiger charge is -2.04. The van der Waals surface area contributed by atoms with Gasteiger partial charge in [0.25, 0.3) is 11.6 Å². The highest BCUT2D eigenvalue weighted by atomic mass is 16.6. The molecule has 0 spiro atoms. The molecule has 0 bridgehead atoms. The number of nitrogens with zero attached hydrogens (tertiary/aromatic N) is 1. The lowest BCUT2D eigenvalue weighted by Crippen LogP contribution is -2.16. The van der Waals surface area contributed by atoms with Gasteiger partial charge in [-0.2, -0.15) is 0 Å². The van der Waals surface area contributed by atoms with Crippen molar-refractivity contribution < 1.29 is 14.5 Å². The van der Waals surface area contributed by atoms with Gasteiger partial charge in [-0.25, -0.2) is 0 Å². The fourth-order valence-electron chi connectivity index (χ4n) is 1.94. The van der Waals surface area contributed by atoms with Crippen LogP contribution in [-0.4, -0.2) is 21.7 Å². The molecule has 0 aliphatic carbocycles. The zero-order valence-corrected chi connectivity index (χ0v) is 11.0. The quantitative estimate of drug-likeness (QED) is 0.583. The summed E-state index contributed by atoms with van der Waals surface area (Å²) in [5, 5.41) is 13.1. The Morgan fingerprint density at radius 3 is 2.38 bits per heavy atom. The molecule has 0 atom stereocenters. The number of hydrogen-bond acceptors (Lipinski definition) is 4. The predicted molar refractivity (Wildman–Crippen MR) is 75.7 cm³/mol. The minimum absolute atomic E-state index is 0.0583. The molecule has 2 amide bonds. The van der Waals surface area contributed by atoms with Crippen LogP contribution in [0.4, 0.5) is 11.5 Å². The van der Waals surface area contributed by atoms with Gasteiger partial charge in [0, 0.05) is 30.8 Å². The van der Waals surface area contributed by atoms with Gasteiger partial charge in [-0.3, -0.25) is 19.7 Å². The number of nitrogens with one attached hydrogen (secondary N) is 2. The number of rotatable bonds is 4. The molecule has 2 aromatic rings. The van der Waals surface area contributed by atoms with Gasteiger partial charge in [-0.1, -0.05) is 0 Å². The number of non-ortho nitro benzene ring substituents is 1. The van der Waals surface area contributed by atoms with Gasteiger partial charge in [-0.15, -0.1) is 0 Å².